The summed E-state index contributed by atoms with van der Waals surface area (Å²) in [5.41, 5.74) is 1.11. The number of rotatable bonds is 8. The number of carbonyl (C=O) groups excluding carboxylic acids is 1. The van der Waals surface area contributed by atoms with Gasteiger partial charge in [-0.3, -0.25) is 14.9 Å². The Morgan fingerprint density at radius 3 is 2.58 bits per heavy atom. The van der Waals surface area contributed by atoms with Crippen molar-refractivity contribution in [2.75, 3.05) is 19.7 Å². The highest BCUT2D eigenvalue weighted by Gasteiger charge is 2.34. The number of ether oxygens (including phenoxy) is 1. The summed E-state index contributed by atoms with van der Waals surface area (Å²) in [6, 6.07) is 11.2. The molecule has 1 aliphatic heterocycles. The first-order valence-electron chi connectivity index (χ1n) is 10.9. The quantitative estimate of drug-likeness (QED) is 0.460. The summed E-state index contributed by atoms with van der Waals surface area (Å²) in [4.78, 5) is 23.2. The molecular weight excluding hydrogens is 446 g/mol. The molecule has 0 radical (unpaired) electrons. The van der Waals surface area contributed by atoms with Gasteiger partial charge in [0.05, 0.1) is 22.5 Å². The summed E-state index contributed by atoms with van der Waals surface area (Å²) in [7, 11) is -3.89. The van der Waals surface area contributed by atoms with Gasteiger partial charge in [-0.25, -0.2) is 8.42 Å². The van der Waals surface area contributed by atoms with Crippen LogP contribution in [0.15, 0.2) is 47.4 Å². The number of sulfonamides is 1. The maximum Gasteiger partial charge on any atom is 0.270 e. The third-order valence-electron chi connectivity index (χ3n) is 5.85. The summed E-state index contributed by atoms with van der Waals surface area (Å²) in [5.74, 6) is 0.319. The molecule has 0 aromatic heterocycles. The van der Waals surface area contributed by atoms with Gasteiger partial charge in [0.25, 0.3) is 5.69 Å². The number of hydrogen-bond acceptors (Lipinski definition) is 6. The van der Waals surface area contributed by atoms with Gasteiger partial charge >= 0.3 is 0 Å². The number of hydrogen-bond donors (Lipinski definition) is 1. The van der Waals surface area contributed by atoms with Crippen molar-refractivity contribution in [3.63, 3.8) is 0 Å². The average molecular weight is 476 g/mol. The molecule has 1 saturated heterocycles. The molecule has 0 bridgehead atoms. The summed E-state index contributed by atoms with van der Waals surface area (Å²) in [6.07, 6.45) is 0.759. The monoisotopic (exact) mass is 475 g/mol. The maximum absolute atomic E-state index is 13.1. The van der Waals surface area contributed by atoms with Crippen LogP contribution in [0.25, 0.3) is 0 Å². The van der Waals surface area contributed by atoms with Crippen LogP contribution < -0.4 is 10.1 Å². The Hall–Kier alpha value is -2.98. The number of non-ortho nitro benzene ring substituents is 1. The molecule has 9 nitrogen and oxygen atoms in total. The predicted molar refractivity (Wildman–Crippen MR) is 123 cm³/mol. The smallest absolute Gasteiger partial charge is 0.270 e. The first-order chi connectivity index (χ1) is 15.6. The van der Waals surface area contributed by atoms with Gasteiger partial charge in [-0.1, -0.05) is 18.2 Å². The van der Waals surface area contributed by atoms with E-state index in [1.807, 2.05) is 38.1 Å². The van der Waals surface area contributed by atoms with E-state index in [4.69, 9.17) is 4.74 Å². The van der Waals surface area contributed by atoms with E-state index >= 15 is 0 Å². The third-order valence-corrected chi connectivity index (χ3v) is 7.89. The van der Waals surface area contributed by atoms with Crippen molar-refractivity contribution < 1.29 is 22.9 Å². The molecule has 33 heavy (non-hydrogen) atoms. The molecule has 0 spiro atoms. The molecule has 1 heterocycles. The average Bonchev–Trinajstić information content (AvgIpc) is 2.79. The summed E-state index contributed by atoms with van der Waals surface area (Å²) >= 11 is 0. The van der Waals surface area contributed by atoms with Crippen LogP contribution in [0.5, 0.6) is 5.75 Å². The van der Waals surface area contributed by atoms with E-state index in [-0.39, 0.29) is 41.5 Å². The lowest BCUT2D eigenvalue weighted by atomic mass is 9.96. The van der Waals surface area contributed by atoms with Gasteiger partial charge in [0, 0.05) is 31.1 Å². The van der Waals surface area contributed by atoms with Crippen LogP contribution in [-0.4, -0.2) is 43.2 Å². The second-order valence-corrected chi connectivity index (χ2v) is 10.0. The topological polar surface area (TPSA) is 119 Å². The van der Waals surface area contributed by atoms with Crippen LogP contribution in [0.4, 0.5) is 5.69 Å². The standard InChI is InChI=1S/C23H29N3O6S/c1-4-32-21-7-5-6-19(14-21)17(3)24-23(27)18-10-12-25(13-11-18)33(30,31)22-15-20(26(28)29)9-8-16(22)2/h5-9,14-15,17-18H,4,10-13H2,1-3H3,(H,24,27). The van der Waals surface area contributed by atoms with Crippen LogP contribution in [0.2, 0.25) is 0 Å². The van der Waals surface area contributed by atoms with Gasteiger partial charge in [0.1, 0.15) is 5.75 Å². The SMILES string of the molecule is CCOc1cccc(C(C)NC(=O)C2CCN(S(=O)(=O)c3cc([N+](=O)[O-])ccc3C)CC2)c1. The molecule has 178 valence electrons. The zero-order valence-electron chi connectivity index (χ0n) is 19.0. The molecule has 2 aromatic rings. The summed E-state index contributed by atoms with van der Waals surface area (Å²) in [5, 5.41) is 14.1. The molecule has 1 atom stereocenters. The molecule has 10 heteroatoms. The second-order valence-electron chi connectivity index (χ2n) is 8.12. The number of piperidine rings is 1. The largest absolute Gasteiger partial charge is 0.494 e. The predicted octanol–water partition coefficient (Wildman–Crippen LogP) is 3.58. The Kier molecular flexibility index (Phi) is 7.70. The Bertz CT molecular complexity index is 1130. The van der Waals surface area contributed by atoms with E-state index in [1.165, 1.54) is 16.4 Å². The zero-order chi connectivity index (χ0) is 24.2. The second kappa shape index (κ2) is 10.3. The molecule has 1 unspecified atom stereocenters. The number of benzene rings is 2. The highest BCUT2D eigenvalue weighted by Crippen LogP contribution is 2.29. The van der Waals surface area contributed by atoms with Crippen molar-refractivity contribution in [1.82, 2.24) is 9.62 Å². The van der Waals surface area contributed by atoms with E-state index in [9.17, 15) is 23.3 Å². The Morgan fingerprint density at radius 2 is 1.94 bits per heavy atom. The molecule has 1 aliphatic rings. The highest BCUT2D eigenvalue weighted by atomic mass is 32.2. The molecule has 3 rings (SSSR count). The number of nitro groups is 1. The first-order valence-corrected chi connectivity index (χ1v) is 12.4. The van der Waals surface area contributed by atoms with Crippen LogP contribution in [0.1, 0.15) is 43.9 Å². The zero-order valence-corrected chi connectivity index (χ0v) is 19.8. The Morgan fingerprint density at radius 1 is 1.24 bits per heavy atom. The van der Waals surface area contributed by atoms with Gasteiger partial charge in [0.15, 0.2) is 0 Å². The van der Waals surface area contributed by atoms with Gasteiger partial charge in [0.2, 0.25) is 15.9 Å². The number of aryl methyl sites for hydroxylation is 1. The lowest BCUT2D eigenvalue weighted by Gasteiger charge is -2.31. The molecule has 0 aliphatic carbocycles. The number of nitrogens with zero attached hydrogens (tertiary/aromatic N) is 2. The number of amides is 1. The van der Waals surface area contributed by atoms with Crippen LogP contribution in [0, 0.1) is 23.0 Å². The fourth-order valence-electron chi connectivity index (χ4n) is 3.93. The third kappa shape index (κ3) is 5.69. The molecule has 1 amide bonds. The van der Waals surface area contributed by atoms with Gasteiger partial charge < -0.3 is 10.1 Å². The van der Waals surface area contributed by atoms with Crippen molar-refractivity contribution in [3.05, 3.63) is 63.7 Å². The Balaban J connectivity index is 1.63. The summed E-state index contributed by atoms with van der Waals surface area (Å²) < 4.78 is 33.0. The van der Waals surface area contributed by atoms with E-state index in [2.05, 4.69) is 5.32 Å². The fraction of sp³-hybridized carbons (Fsp3) is 0.435. The lowest BCUT2D eigenvalue weighted by molar-refractivity contribution is -0.385. The molecular formula is C23H29N3O6S. The fourth-order valence-corrected chi connectivity index (χ4v) is 5.65. The van der Waals surface area contributed by atoms with Crippen molar-refractivity contribution in [2.45, 2.75) is 44.6 Å². The van der Waals surface area contributed by atoms with Gasteiger partial charge in [-0.15, -0.1) is 0 Å². The minimum absolute atomic E-state index is 0.0672. The molecule has 2 aromatic carbocycles. The van der Waals surface area contributed by atoms with Crippen molar-refractivity contribution in [3.8, 4) is 5.75 Å². The van der Waals surface area contributed by atoms with Gasteiger partial charge in [-0.2, -0.15) is 4.31 Å². The normalized spacial score (nSPS) is 16.2. The molecule has 0 saturated carbocycles. The lowest BCUT2D eigenvalue weighted by Crippen LogP contribution is -2.43. The van der Waals surface area contributed by atoms with Gasteiger partial charge in [-0.05, 0) is 56.9 Å². The van der Waals surface area contributed by atoms with Crippen molar-refractivity contribution in [2.24, 2.45) is 5.92 Å². The van der Waals surface area contributed by atoms with Crippen LogP contribution in [-0.2, 0) is 14.8 Å². The number of nitro benzene ring substituents is 1. The van der Waals surface area contributed by atoms with E-state index in [1.54, 1.807) is 6.92 Å². The van der Waals surface area contributed by atoms with Crippen molar-refractivity contribution >= 4 is 21.6 Å². The number of nitrogens with one attached hydrogen (secondary N) is 1. The molecule has 1 fully saturated rings. The van der Waals surface area contributed by atoms with Crippen molar-refractivity contribution in [1.29, 1.82) is 0 Å². The van der Waals surface area contributed by atoms with Crippen LogP contribution in [0.3, 0.4) is 0 Å². The van der Waals surface area contributed by atoms with E-state index in [0.717, 1.165) is 17.4 Å². The Labute approximate surface area is 193 Å². The maximum atomic E-state index is 13.1. The van der Waals surface area contributed by atoms with Crippen LogP contribution >= 0.6 is 0 Å². The minimum Gasteiger partial charge on any atom is -0.494 e. The highest BCUT2D eigenvalue weighted by molar-refractivity contribution is 7.89. The number of carbonyl (C=O) groups is 1. The van der Waals surface area contributed by atoms with E-state index in [0.29, 0.717) is 25.0 Å². The van der Waals surface area contributed by atoms with E-state index < -0.39 is 14.9 Å². The molecule has 1 N–H and O–H groups in total. The summed E-state index contributed by atoms with van der Waals surface area (Å²) in [6.45, 7) is 6.33. The minimum atomic E-state index is -3.89. The first kappa shape index (κ1) is 24.7.